The monoisotopic (exact) mass is 366 g/mol. The van der Waals surface area contributed by atoms with E-state index in [9.17, 15) is 22.8 Å². The molecule has 0 saturated carbocycles. The molecular weight excluding hydrogens is 353 g/mol. The highest BCUT2D eigenvalue weighted by Crippen LogP contribution is 2.33. The fourth-order valence-corrected chi connectivity index (χ4v) is 1.91. The molecule has 0 bridgehead atoms. The molecule has 0 saturated heterocycles. The van der Waals surface area contributed by atoms with Gasteiger partial charge in [0.15, 0.2) is 0 Å². The highest BCUT2D eigenvalue weighted by atomic mass is 79.9. The van der Waals surface area contributed by atoms with Gasteiger partial charge in [-0.05, 0) is 18.2 Å². The lowest BCUT2D eigenvalue weighted by molar-refractivity contribution is -0.138. The number of nitrogens with zero attached hydrogens (tertiary/aromatic N) is 1. The van der Waals surface area contributed by atoms with E-state index < -0.39 is 23.2 Å². The van der Waals surface area contributed by atoms with Gasteiger partial charge in [0.1, 0.15) is 0 Å². The van der Waals surface area contributed by atoms with Gasteiger partial charge in [-0.2, -0.15) is 13.2 Å². The van der Waals surface area contributed by atoms with Crippen LogP contribution in [0.2, 0.25) is 0 Å². The Hall–Kier alpha value is -1.57. The van der Waals surface area contributed by atoms with Crippen LogP contribution in [-0.2, 0) is 11.0 Å². The molecule has 0 aromatic heterocycles. The lowest BCUT2D eigenvalue weighted by Crippen LogP contribution is -2.31. The number of carbonyl (C=O) groups is 2. The van der Waals surface area contributed by atoms with E-state index in [1.807, 2.05) is 0 Å². The van der Waals surface area contributed by atoms with Crippen LogP contribution < -0.4 is 5.32 Å². The van der Waals surface area contributed by atoms with Crippen LogP contribution in [-0.4, -0.2) is 37.4 Å². The average Bonchev–Trinajstić information content (AvgIpc) is 2.37. The Morgan fingerprint density at radius 2 is 1.90 bits per heavy atom. The molecule has 1 aromatic rings. The number of nitrogens with one attached hydrogen (secondary N) is 1. The molecule has 0 atom stereocenters. The summed E-state index contributed by atoms with van der Waals surface area (Å²) in [6, 6.07) is 3.30. The largest absolute Gasteiger partial charge is 0.417 e. The fraction of sp³-hybridized carbons (Fsp3) is 0.385. The SMILES string of the molecule is CN(C)C(=O)CCNC(=O)c1ccc(Br)cc1C(F)(F)F. The Bertz CT molecular complexity index is 545. The van der Waals surface area contributed by atoms with E-state index in [0.29, 0.717) is 0 Å². The van der Waals surface area contributed by atoms with Crippen molar-refractivity contribution in [2.45, 2.75) is 12.6 Å². The Balaban J connectivity index is 2.81. The van der Waals surface area contributed by atoms with Crippen molar-refractivity contribution < 1.29 is 22.8 Å². The first-order valence-electron chi connectivity index (χ1n) is 5.98. The molecule has 1 rings (SSSR count). The number of benzene rings is 1. The van der Waals surface area contributed by atoms with Gasteiger partial charge in [0.2, 0.25) is 5.91 Å². The van der Waals surface area contributed by atoms with Crippen molar-refractivity contribution in [2.75, 3.05) is 20.6 Å². The summed E-state index contributed by atoms with van der Waals surface area (Å²) in [5, 5.41) is 2.31. The summed E-state index contributed by atoms with van der Waals surface area (Å²) < 4.78 is 38.9. The Morgan fingerprint density at radius 3 is 2.43 bits per heavy atom. The summed E-state index contributed by atoms with van der Waals surface area (Å²) in [5.74, 6) is -1.08. The van der Waals surface area contributed by atoms with E-state index in [-0.39, 0.29) is 23.3 Å². The molecule has 1 aromatic carbocycles. The fourth-order valence-electron chi connectivity index (χ4n) is 1.55. The Labute approximate surface area is 128 Å². The maximum absolute atomic E-state index is 12.9. The molecule has 2 amide bonds. The minimum absolute atomic E-state index is 0.0244. The summed E-state index contributed by atoms with van der Waals surface area (Å²) in [5.41, 5.74) is -1.49. The van der Waals surface area contributed by atoms with Gasteiger partial charge < -0.3 is 10.2 Å². The predicted octanol–water partition coefficient (Wildman–Crippen LogP) is 2.68. The van der Waals surface area contributed by atoms with Crippen LogP contribution in [0.25, 0.3) is 0 Å². The second-order valence-corrected chi connectivity index (χ2v) is 5.40. The van der Waals surface area contributed by atoms with Gasteiger partial charge in [0, 0.05) is 31.5 Å². The molecule has 21 heavy (non-hydrogen) atoms. The highest BCUT2D eigenvalue weighted by Gasteiger charge is 2.35. The molecule has 0 unspecified atom stereocenters. The minimum atomic E-state index is -4.63. The lowest BCUT2D eigenvalue weighted by Gasteiger charge is -2.14. The average molecular weight is 367 g/mol. The maximum Gasteiger partial charge on any atom is 0.417 e. The van der Waals surface area contributed by atoms with Crippen molar-refractivity contribution in [2.24, 2.45) is 0 Å². The number of rotatable bonds is 4. The lowest BCUT2D eigenvalue weighted by atomic mass is 10.1. The van der Waals surface area contributed by atoms with Crippen molar-refractivity contribution in [3.05, 3.63) is 33.8 Å². The van der Waals surface area contributed by atoms with Crippen LogP contribution in [0.1, 0.15) is 22.3 Å². The van der Waals surface area contributed by atoms with Gasteiger partial charge in [0.25, 0.3) is 5.91 Å². The number of hydrogen-bond donors (Lipinski definition) is 1. The van der Waals surface area contributed by atoms with Crippen LogP contribution in [0.4, 0.5) is 13.2 Å². The van der Waals surface area contributed by atoms with Gasteiger partial charge in [0.05, 0.1) is 11.1 Å². The molecule has 0 fully saturated rings. The van der Waals surface area contributed by atoms with Gasteiger partial charge in [-0.3, -0.25) is 9.59 Å². The standard InChI is InChI=1S/C13H14BrF3N2O2/c1-19(2)11(20)5-6-18-12(21)9-4-3-8(14)7-10(9)13(15,16)17/h3-4,7H,5-6H2,1-2H3,(H,18,21). The normalized spacial score (nSPS) is 11.1. The molecule has 116 valence electrons. The first-order chi connectivity index (χ1) is 9.62. The van der Waals surface area contributed by atoms with Crippen molar-refractivity contribution in [3.63, 3.8) is 0 Å². The van der Waals surface area contributed by atoms with Crippen molar-refractivity contribution in [1.82, 2.24) is 10.2 Å². The van der Waals surface area contributed by atoms with Crippen molar-refractivity contribution >= 4 is 27.7 Å². The zero-order valence-electron chi connectivity index (χ0n) is 11.4. The van der Waals surface area contributed by atoms with E-state index in [1.165, 1.54) is 11.0 Å². The molecule has 8 heteroatoms. The van der Waals surface area contributed by atoms with Crippen LogP contribution in [0, 0.1) is 0 Å². The van der Waals surface area contributed by atoms with Gasteiger partial charge in [-0.1, -0.05) is 15.9 Å². The Morgan fingerprint density at radius 1 is 1.29 bits per heavy atom. The number of carbonyl (C=O) groups excluding carboxylic acids is 2. The number of alkyl halides is 3. The summed E-state index contributed by atoms with van der Waals surface area (Å²) in [6.45, 7) is -0.0246. The summed E-state index contributed by atoms with van der Waals surface area (Å²) in [4.78, 5) is 24.5. The molecule has 0 radical (unpaired) electrons. The van der Waals surface area contributed by atoms with E-state index in [4.69, 9.17) is 0 Å². The molecule has 0 aliphatic heterocycles. The molecule has 0 spiro atoms. The zero-order chi connectivity index (χ0) is 16.2. The van der Waals surface area contributed by atoms with E-state index in [2.05, 4.69) is 21.2 Å². The number of halogens is 4. The van der Waals surface area contributed by atoms with E-state index >= 15 is 0 Å². The van der Waals surface area contributed by atoms with Crippen LogP contribution >= 0.6 is 15.9 Å². The van der Waals surface area contributed by atoms with Crippen molar-refractivity contribution in [1.29, 1.82) is 0 Å². The minimum Gasteiger partial charge on any atom is -0.352 e. The molecular formula is C13H14BrF3N2O2. The van der Waals surface area contributed by atoms with Crippen LogP contribution in [0.5, 0.6) is 0 Å². The smallest absolute Gasteiger partial charge is 0.352 e. The molecule has 1 N–H and O–H groups in total. The number of amides is 2. The van der Waals surface area contributed by atoms with E-state index in [1.54, 1.807) is 14.1 Å². The molecule has 4 nitrogen and oxygen atoms in total. The third-order valence-corrected chi connectivity index (χ3v) is 3.15. The van der Waals surface area contributed by atoms with Gasteiger partial charge in [-0.25, -0.2) is 0 Å². The van der Waals surface area contributed by atoms with Crippen LogP contribution in [0.3, 0.4) is 0 Å². The predicted molar refractivity (Wildman–Crippen MR) is 74.8 cm³/mol. The highest BCUT2D eigenvalue weighted by molar-refractivity contribution is 9.10. The maximum atomic E-state index is 12.9. The van der Waals surface area contributed by atoms with E-state index in [0.717, 1.165) is 12.1 Å². The third kappa shape index (κ3) is 5.04. The van der Waals surface area contributed by atoms with Crippen LogP contribution in [0.15, 0.2) is 22.7 Å². The first kappa shape index (κ1) is 17.5. The topological polar surface area (TPSA) is 49.4 Å². The third-order valence-electron chi connectivity index (χ3n) is 2.65. The second kappa shape index (κ2) is 6.93. The quantitative estimate of drug-likeness (QED) is 0.890. The van der Waals surface area contributed by atoms with Gasteiger partial charge >= 0.3 is 6.18 Å². The first-order valence-corrected chi connectivity index (χ1v) is 6.77. The Kier molecular flexibility index (Phi) is 5.77. The summed E-state index contributed by atoms with van der Waals surface area (Å²) >= 11 is 2.94. The molecule has 0 aliphatic rings. The summed E-state index contributed by atoms with van der Waals surface area (Å²) in [7, 11) is 3.11. The molecule has 0 heterocycles. The van der Waals surface area contributed by atoms with Crippen molar-refractivity contribution in [3.8, 4) is 0 Å². The number of hydrogen-bond acceptors (Lipinski definition) is 2. The zero-order valence-corrected chi connectivity index (χ0v) is 13.0. The molecule has 0 aliphatic carbocycles. The second-order valence-electron chi connectivity index (χ2n) is 4.48. The van der Waals surface area contributed by atoms with Gasteiger partial charge in [-0.15, -0.1) is 0 Å². The summed E-state index contributed by atoms with van der Waals surface area (Å²) in [6.07, 6.45) is -4.60.